The molecule has 0 bridgehead atoms. The third-order valence-corrected chi connectivity index (χ3v) is 5.25. The van der Waals surface area contributed by atoms with E-state index in [1.165, 1.54) is 5.56 Å². The van der Waals surface area contributed by atoms with Gasteiger partial charge in [0, 0.05) is 39.3 Å². The van der Waals surface area contributed by atoms with Crippen LogP contribution in [0, 0.1) is 11.3 Å². The summed E-state index contributed by atoms with van der Waals surface area (Å²) in [5.74, 6) is -0.0312. The van der Waals surface area contributed by atoms with E-state index in [9.17, 15) is 9.59 Å². The van der Waals surface area contributed by atoms with Gasteiger partial charge in [0.2, 0.25) is 5.91 Å². The second-order valence-electron chi connectivity index (χ2n) is 7.04. The highest BCUT2D eigenvalue weighted by Gasteiger charge is 2.29. The van der Waals surface area contributed by atoms with Crippen molar-refractivity contribution in [2.45, 2.75) is 25.3 Å². The standard InChI is InChI=1S/C20H27N5O2.ClH/c21-15-18-7-4-10-25(18)19(26)16-22-9-12-24-14-13-23(20(24)27)11-8-17-5-2-1-3-6-17;/h1-3,5-6,18,22H,4,7-14,16H2;1H/t18-;/m0./s1. The highest BCUT2D eigenvalue weighted by atomic mass is 35.5. The van der Waals surface area contributed by atoms with Gasteiger partial charge in [-0.3, -0.25) is 4.79 Å². The minimum absolute atomic E-state index is 0. The largest absolute Gasteiger partial charge is 0.326 e. The molecule has 2 aliphatic rings. The molecule has 1 aromatic rings. The molecule has 1 aromatic carbocycles. The number of carbonyl (C=O) groups excluding carboxylic acids is 2. The van der Waals surface area contributed by atoms with E-state index in [1.807, 2.05) is 28.0 Å². The average molecular weight is 406 g/mol. The highest BCUT2D eigenvalue weighted by Crippen LogP contribution is 2.16. The molecule has 0 unspecified atom stereocenters. The van der Waals surface area contributed by atoms with E-state index in [1.54, 1.807) is 4.90 Å². The first-order chi connectivity index (χ1) is 13.2. The quantitative estimate of drug-likeness (QED) is 0.664. The zero-order valence-corrected chi connectivity index (χ0v) is 16.9. The highest BCUT2D eigenvalue weighted by molar-refractivity contribution is 5.85. The van der Waals surface area contributed by atoms with Crippen molar-refractivity contribution in [3.63, 3.8) is 0 Å². The first-order valence-corrected chi connectivity index (χ1v) is 9.66. The predicted molar refractivity (Wildman–Crippen MR) is 109 cm³/mol. The summed E-state index contributed by atoms with van der Waals surface area (Å²) in [4.78, 5) is 30.0. The number of urea groups is 1. The van der Waals surface area contributed by atoms with Crippen LogP contribution in [0.15, 0.2) is 30.3 Å². The first-order valence-electron chi connectivity index (χ1n) is 9.66. The number of nitrogens with zero attached hydrogens (tertiary/aromatic N) is 4. The first kappa shape index (κ1) is 22.0. The van der Waals surface area contributed by atoms with Gasteiger partial charge in [0.15, 0.2) is 0 Å². The van der Waals surface area contributed by atoms with Gasteiger partial charge in [-0.1, -0.05) is 30.3 Å². The fourth-order valence-corrected chi connectivity index (χ4v) is 3.67. The van der Waals surface area contributed by atoms with Crippen molar-refractivity contribution in [3.05, 3.63) is 35.9 Å². The van der Waals surface area contributed by atoms with E-state index >= 15 is 0 Å². The van der Waals surface area contributed by atoms with Gasteiger partial charge in [-0.05, 0) is 24.8 Å². The van der Waals surface area contributed by atoms with Crippen LogP contribution in [-0.2, 0) is 11.2 Å². The molecule has 0 radical (unpaired) electrons. The lowest BCUT2D eigenvalue weighted by Crippen LogP contribution is -2.43. The molecular weight excluding hydrogens is 378 g/mol. The topological polar surface area (TPSA) is 79.7 Å². The number of nitrogens with one attached hydrogen (secondary N) is 1. The Labute approximate surface area is 172 Å². The molecule has 0 aliphatic carbocycles. The lowest BCUT2D eigenvalue weighted by molar-refractivity contribution is -0.130. The van der Waals surface area contributed by atoms with E-state index in [4.69, 9.17) is 5.26 Å². The second-order valence-corrected chi connectivity index (χ2v) is 7.04. The van der Waals surface area contributed by atoms with Crippen molar-refractivity contribution in [1.82, 2.24) is 20.0 Å². The van der Waals surface area contributed by atoms with Gasteiger partial charge in [-0.25, -0.2) is 4.79 Å². The molecule has 3 rings (SSSR count). The van der Waals surface area contributed by atoms with Crippen LogP contribution < -0.4 is 5.32 Å². The molecule has 2 heterocycles. The van der Waals surface area contributed by atoms with E-state index < -0.39 is 0 Å². The number of halogens is 1. The maximum atomic E-state index is 12.5. The van der Waals surface area contributed by atoms with Gasteiger partial charge < -0.3 is 20.0 Å². The van der Waals surface area contributed by atoms with E-state index in [0.29, 0.717) is 19.6 Å². The molecule has 7 nitrogen and oxygen atoms in total. The number of nitriles is 1. The van der Waals surface area contributed by atoms with Crippen LogP contribution in [0.3, 0.4) is 0 Å². The monoisotopic (exact) mass is 405 g/mol. The minimum Gasteiger partial charge on any atom is -0.326 e. The number of carbonyl (C=O) groups is 2. The molecular formula is C20H28ClN5O2. The van der Waals surface area contributed by atoms with Gasteiger partial charge >= 0.3 is 6.03 Å². The Morgan fingerprint density at radius 3 is 2.57 bits per heavy atom. The number of rotatable bonds is 8. The Morgan fingerprint density at radius 1 is 1.14 bits per heavy atom. The fraction of sp³-hybridized carbons (Fsp3) is 0.550. The second kappa shape index (κ2) is 10.9. The number of hydrogen-bond donors (Lipinski definition) is 1. The van der Waals surface area contributed by atoms with Crippen LogP contribution in [0.2, 0.25) is 0 Å². The lowest BCUT2D eigenvalue weighted by Gasteiger charge is -2.21. The fourth-order valence-electron chi connectivity index (χ4n) is 3.67. The van der Waals surface area contributed by atoms with Crippen LogP contribution in [0.4, 0.5) is 4.79 Å². The Balaban J connectivity index is 0.00000280. The van der Waals surface area contributed by atoms with Crippen molar-refractivity contribution in [3.8, 4) is 6.07 Å². The number of likely N-dealkylation sites (tertiary alicyclic amines) is 1. The van der Waals surface area contributed by atoms with Crippen molar-refractivity contribution in [2.24, 2.45) is 0 Å². The summed E-state index contributed by atoms with van der Waals surface area (Å²) in [6, 6.07) is 12.2. The van der Waals surface area contributed by atoms with Gasteiger partial charge in [0.05, 0.1) is 12.6 Å². The Hall–Kier alpha value is -2.30. The molecule has 2 saturated heterocycles. The van der Waals surface area contributed by atoms with Crippen molar-refractivity contribution < 1.29 is 9.59 Å². The molecule has 28 heavy (non-hydrogen) atoms. The Morgan fingerprint density at radius 2 is 1.86 bits per heavy atom. The maximum absolute atomic E-state index is 12.5. The molecule has 0 aromatic heterocycles. The molecule has 1 atom stereocenters. The Bertz CT molecular complexity index is 694. The molecule has 3 amide bonds. The average Bonchev–Trinajstić information content (AvgIpc) is 3.31. The summed E-state index contributed by atoms with van der Waals surface area (Å²) in [5, 5.41) is 12.2. The van der Waals surface area contributed by atoms with E-state index in [-0.39, 0.29) is 36.9 Å². The van der Waals surface area contributed by atoms with Gasteiger partial charge in [-0.15, -0.1) is 12.4 Å². The summed E-state index contributed by atoms with van der Waals surface area (Å²) in [6.45, 7) is 4.27. The van der Waals surface area contributed by atoms with Crippen LogP contribution in [0.25, 0.3) is 0 Å². The van der Waals surface area contributed by atoms with Gasteiger partial charge in [0.1, 0.15) is 6.04 Å². The van der Waals surface area contributed by atoms with Gasteiger partial charge in [0.25, 0.3) is 0 Å². The zero-order valence-electron chi connectivity index (χ0n) is 16.0. The molecule has 2 aliphatic heterocycles. The summed E-state index contributed by atoms with van der Waals surface area (Å²) in [7, 11) is 0. The maximum Gasteiger partial charge on any atom is 0.320 e. The van der Waals surface area contributed by atoms with E-state index in [2.05, 4.69) is 23.5 Å². The summed E-state index contributed by atoms with van der Waals surface area (Å²) >= 11 is 0. The van der Waals surface area contributed by atoms with Crippen LogP contribution in [0.1, 0.15) is 18.4 Å². The third kappa shape index (κ3) is 5.60. The molecule has 0 saturated carbocycles. The number of benzene rings is 1. The van der Waals surface area contributed by atoms with Gasteiger partial charge in [-0.2, -0.15) is 5.26 Å². The van der Waals surface area contributed by atoms with Crippen LogP contribution in [-0.4, -0.2) is 78.5 Å². The SMILES string of the molecule is Cl.N#C[C@@H]1CCCN1C(=O)CNCCN1CCN(CCc2ccccc2)C1=O. The van der Waals surface area contributed by atoms with Crippen LogP contribution in [0.5, 0.6) is 0 Å². The number of amides is 3. The Kier molecular flexibility index (Phi) is 8.55. The minimum atomic E-state index is -0.280. The smallest absolute Gasteiger partial charge is 0.320 e. The van der Waals surface area contributed by atoms with Crippen LogP contribution >= 0.6 is 12.4 Å². The third-order valence-electron chi connectivity index (χ3n) is 5.25. The van der Waals surface area contributed by atoms with Crippen molar-refractivity contribution >= 4 is 24.3 Å². The predicted octanol–water partition coefficient (Wildman–Crippen LogP) is 1.49. The molecule has 152 valence electrons. The zero-order chi connectivity index (χ0) is 19.1. The molecule has 2 fully saturated rings. The summed E-state index contributed by atoms with van der Waals surface area (Å²) in [5.41, 5.74) is 1.24. The molecule has 0 spiro atoms. The van der Waals surface area contributed by atoms with Crippen molar-refractivity contribution in [2.75, 3.05) is 45.8 Å². The van der Waals surface area contributed by atoms with Crippen molar-refractivity contribution in [1.29, 1.82) is 5.26 Å². The normalized spacial score (nSPS) is 18.9. The number of hydrogen-bond acceptors (Lipinski definition) is 4. The molecule has 8 heteroatoms. The lowest BCUT2D eigenvalue weighted by atomic mass is 10.1. The van der Waals surface area contributed by atoms with E-state index in [0.717, 1.165) is 38.9 Å². The molecule has 1 N–H and O–H groups in total. The summed E-state index contributed by atoms with van der Waals surface area (Å²) < 4.78 is 0. The summed E-state index contributed by atoms with van der Waals surface area (Å²) in [6.07, 6.45) is 2.53.